The lowest BCUT2D eigenvalue weighted by Gasteiger charge is -2.35. The fraction of sp³-hybridized carbons (Fsp3) is 0.412. The van der Waals surface area contributed by atoms with Crippen LogP contribution in [0.4, 0.5) is 5.69 Å². The Morgan fingerprint density at radius 1 is 1.40 bits per heavy atom. The van der Waals surface area contributed by atoms with Gasteiger partial charge in [0.2, 0.25) is 5.91 Å². The third kappa shape index (κ3) is 3.78. The number of nitrogens with one attached hydrogen (secondary N) is 1. The molecule has 0 saturated carbocycles. The molecule has 3 rings (SSSR count). The lowest BCUT2D eigenvalue weighted by Crippen LogP contribution is -2.55. The molecule has 132 valence electrons. The maximum Gasteiger partial charge on any atom is 0.246 e. The minimum atomic E-state index is 0.0382. The molecule has 2 aromatic heterocycles. The van der Waals surface area contributed by atoms with Gasteiger partial charge in [-0.2, -0.15) is 5.10 Å². The van der Waals surface area contributed by atoms with Gasteiger partial charge in [-0.3, -0.25) is 19.5 Å². The second-order valence-corrected chi connectivity index (χ2v) is 6.01. The van der Waals surface area contributed by atoms with Crippen LogP contribution in [0.1, 0.15) is 11.3 Å². The molecular weight excluding hydrogens is 318 g/mol. The largest absolute Gasteiger partial charge is 0.351 e. The van der Waals surface area contributed by atoms with E-state index in [-0.39, 0.29) is 12.5 Å². The molecule has 0 radical (unpaired) electrons. The zero-order chi connectivity index (χ0) is 17.8. The average Bonchev–Trinajstić information content (AvgIpc) is 3.03. The molecule has 25 heavy (non-hydrogen) atoms. The highest BCUT2D eigenvalue weighted by Gasteiger charge is 2.27. The predicted molar refractivity (Wildman–Crippen MR) is 96.3 cm³/mol. The summed E-state index contributed by atoms with van der Waals surface area (Å²) in [7, 11) is 3.57. The van der Waals surface area contributed by atoms with Crippen molar-refractivity contribution in [2.45, 2.75) is 13.5 Å². The van der Waals surface area contributed by atoms with Gasteiger partial charge in [-0.1, -0.05) is 6.07 Å². The van der Waals surface area contributed by atoms with Crippen LogP contribution in [-0.4, -0.2) is 58.2 Å². The minimum absolute atomic E-state index is 0.0382. The van der Waals surface area contributed by atoms with Gasteiger partial charge in [0.15, 0.2) is 5.96 Å². The third-order valence-electron chi connectivity index (χ3n) is 4.27. The molecule has 1 aliphatic heterocycles. The number of aryl methyl sites for hydroxylation is 2. The molecule has 0 bridgehead atoms. The molecule has 1 saturated heterocycles. The zero-order valence-electron chi connectivity index (χ0n) is 14.8. The lowest BCUT2D eigenvalue weighted by molar-refractivity contribution is -0.120. The van der Waals surface area contributed by atoms with Crippen LogP contribution in [0.15, 0.2) is 35.7 Å². The van der Waals surface area contributed by atoms with E-state index in [1.165, 1.54) is 0 Å². The first-order valence-corrected chi connectivity index (χ1v) is 8.23. The van der Waals surface area contributed by atoms with E-state index < -0.39 is 0 Å². The molecule has 8 heteroatoms. The first kappa shape index (κ1) is 16.9. The molecule has 1 fully saturated rings. The molecular formula is C17H23N7O. The number of aromatic nitrogens is 3. The van der Waals surface area contributed by atoms with Crippen molar-refractivity contribution < 1.29 is 4.79 Å². The van der Waals surface area contributed by atoms with Gasteiger partial charge in [-0.15, -0.1) is 0 Å². The maximum atomic E-state index is 12.5. The molecule has 0 spiro atoms. The van der Waals surface area contributed by atoms with Crippen molar-refractivity contribution in [3.8, 4) is 0 Å². The maximum absolute atomic E-state index is 12.5. The highest BCUT2D eigenvalue weighted by Crippen LogP contribution is 2.16. The normalized spacial score (nSPS) is 15.6. The van der Waals surface area contributed by atoms with Crippen molar-refractivity contribution in [3.05, 3.63) is 42.0 Å². The first-order chi connectivity index (χ1) is 12.1. The summed E-state index contributed by atoms with van der Waals surface area (Å²) in [5, 5.41) is 7.44. The lowest BCUT2D eigenvalue weighted by atomic mass is 10.2. The van der Waals surface area contributed by atoms with Gasteiger partial charge < -0.3 is 15.1 Å². The summed E-state index contributed by atoms with van der Waals surface area (Å²) in [5.74, 6) is 0.750. The summed E-state index contributed by atoms with van der Waals surface area (Å²) >= 11 is 0. The van der Waals surface area contributed by atoms with Crippen LogP contribution < -0.4 is 10.2 Å². The number of aliphatic imine (C=N–C) groups is 1. The number of amides is 1. The highest BCUT2D eigenvalue weighted by molar-refractivity contribution is 5.98. The van der Waals surface area contributed by atoms with E-state index in [0.717, 1.165) is 16.9 Å². The fourth-order valence-electron chi connectivity index (χ4n) is 2.87. The Labute approximate surface area is 147 Å². The number of rotatable bonds is 3. The van der Waals surface area contributed by atoms with Gasteiger partial charge in [0.1, 0.15) is 6.54 Å². The Morgan fingerprint density at radius 3 is 2.88 bits per heavy atom. The number of anilines is 1. The molecule has 2 aromatic rings. The molecule has 0 atom stereocenters. The van der Waals surface area contributed by atoms with Crippen molar-refractivity contribution in [1.29, 1.82) is 0 Å². The Balaban J connectivity index is 1.62. The Bertz CT molecular complexity index is 783. The molecule has 0 unspecified atom stereocenters. The smallest absolute Gasteiger partial charge is 0.246 e. The van der Waals surface area contributed by atoms with E-state index in [1.807, 2.05) is 37.2 Å². The number of carbonyl (C=O) groups excluding carboxylic acids is 1. The van der Waals surface area contributed by atoms with Crippen molar-refractivity contribution in [2.24, 2.45) is 12.0 Å². The number of piperazine rings is 1. The Hall–Kier alpha value is -2.90. The van der Waals surface area contributed by atoms with Gasteiger partial charge in [-0.25, -0.2) is 0 Å². The van der Waals surface area contributed by atoms with Crippen molar-refractivity contribution in [3.63, 3.8) is 0 Å². The number of hydrogen-bond donors (Lipinski definition) is 1. The van der Waals surface area contributed by atoms with E-state index in [0.29, 0.717) is 25.6 Å². The van der Waals surface area contributed by atoms with Gasteiger partial charge in [0, 0.05) is 39.6 Å². The molecule has 1 amide bonds. The van der Waals surface area contributed by atoms with E-state index in [1.54, 1.807) is 29.0 Å². The topological polar surface area (TPSA) is 78.7 Å². The van der Waals surface area contributed by atoms with E-state index in [4.69, 9.17) is 0 Å². The quantitative estimate of drug-likeness (QED) is 0.651. The Kier molecular flexibility index (Phi) is 4.97. The van der Waals surface area contributed by atoms with Crippen LogP contribution in [0.2, 0.25) is 0 Å². The van der Waals surface area contributed by atoms with Gasteiger partial charge >= 0.3 is 0 Å². The average molecular weight is 341 g/mol. The van der Waals surface area contributed by atoms with Crippen LogP contribution >= 0.6 is 0 Å². The summed E-state index contributed by atoms with van der Waals surface area (Å²) in [6, 6.07) is 3.95. The highest BCUT2D eigenvalue weighted by atomic mass is 16.2. The van der Waals surface area contributed by atoms with Crippen LogP contribution in [0, 0.1) is 6.92 Å². The van der Waals surface area contributed by atoms with E-state index in [9.17, 15) is 4.79 Å². The standard InChI is InChI=1S/C17H23N7O/c1-13-5-4-6-19-15(13)10-20-17(18-2)23-7-8-24(16(25)12-23)14-9-21-22(3)11-14/h4-6,9,11H,7-8,10,12H2,1-3H3,(H,18,20). The van der Waals surface area contributed by atoms with Crippen LogP contribution in [0.3, 0.4) is 0 Å². The molecule has 8 nitrogen and oxygen atoms in total. The number of nitrogens with zero attached hydrogens (tertiary/aromatic N) is 6. The predicted octanol–water partition coefficient (Wildman–Crippen LogP) is 0.548. The fourth-order valence-corrected chi connectivity index (χ4v) is 2.87. The SMILES string of the molecule is CN=C(NCc1ncccc1C)N1CCN(c2cnn(C)c2)C(=O)C1. The molecule has 1 aliphatic rings. The van der Waals surface area contributed by atoms with E-state index >= 15 is 0 Å². The van der Waals surface area contributed by atoms with Crippen molar-refractivity contribution in [2.75, 3.05) is 31.6 Å². The summed E-state index contributed by atoms with van der Waals surface area (Å²) in [5.41, 5.74) is 2.94. The van der Waals surface area contributed by atoms with Gasteiger partial charge in [0.25, 0.3) is 0 Å². The Morgan fingerprint density at radius 2 is 2.24 bits per heavy atom. The number of hydrogen-bond acceptors (Lipinski definition) is 4. The van der Waals surface area contributed by atoms with Gasteiger partial charge in [-0.05, 0) is 18.6 Å². The number of guanidine groups is 1. The first-order valence-electron chi connectivity index (χ1n) is 8.23. The number of pyridine rings is 1. The van der Waals surface area contributed by atoms with E-state index in [2.05, 4.69) is 20.4 Å². The molecule has 3 heterocycles. The van der Waals surface area contributed by atoms with Crippen molar-refractivity contribution in [1.82, 2.24) is 25.0 Å². The summed E-state index contributed by atoms with van der Waals surface area (Å²) in [6.07, 6.45) is 5.35. The minimum Gasteiger partial charge on any atom is -0.351 e. The monoisotopic (exact) mass is 341 g/mol. The van der Waals surface area contributed by atoms with Crippen LogP contribution in [0.5, 0.6) is 0 Å². The van der Waals surface area contributed by atoms with Gasteiger partial charge in [0.05, 0.1) is 24.1 Å². The summed E-state index contributed by atoms with van der Waals surface area (Å²) in [4.78, 5) is 24.9. The molecule has 0 aliphatic carbocycles. The van der Waals surface area contributed by atoms with Crippen molar-refractivity contribution >= 4 is 17.6 Å². The van der Waals surface area contributed by atoms with Crippen LogP contribution in [-0.2, 0) is 18.4 Å². The van der Waals surface area contributed by atoms with Crippen LogP contribution in [0.25, 0.3) is 0 Å². The summed E-state index contributed by atoms with van der Waals surface area (Å²) in [6.45, 7) is 4.21. The summed E-state index contributed by atoms with van der Waals surface area (Å²) < 4.78 is 1.70. The second-order valence-electron chi connectivity index (χ2n) is 6.01. The number of carbonyl (C=O) groups is 1. The zero-order valence-corrected chi connectivity index (χ0v) is 14.8. The second kappa shape index (κ2) is 7.33. The molecule has 1 N–H and O–H groups in total. The third-order valence-corrected chi connectivity index (χ3v) is 4.27. The molecule has 0 aromatic carbocycles.